The van der Waals surface area contributed by atoms with Gasteiger partial charge >= 0.3 is 18.3 Å². The molecule has 1 heterocycles. The first kappa shape index (κ1) is 43.4. The fourth-order valence-corrected chi connectivity index (χ4v) is 4.83. The first-order valence-corrected chi connectivity index (χ1v) is 17.9. The molecule has 49 heavy (non-hydrogen) atoms. The molecule has 0 atom stereocenters. The summed E-state index contributed by atoms with van der Waals surface area (Å²) in [5.41, 5.74) is -1.93. The van der Waals surface area contributed by atoms with E-state index in [0.717, 1.165) is 96.9 Å². The molecule has 282 valence electrons. The average Bonchev–Trinajstić information content (AvgIpc) is 3.26. The van der Waals surface area contributed by atoms with E-state index < -0.39 is 35.1 Å². The summed E-state index contributed by atoms with van der Waals surface area (Å²) in [6, 6.07) is 0. The molecular formula is C35H66N8O6. The maximum Gasteiger partial charge on any atom is 0.437 e. The van der Waals surface area contributed by atoms with Crippen LogP contribution in [0.15, 0.2) is 9.98 Å². The van der Waals surface area contributed by atoms with Gasteiger partial charge in [-0.05, 0) is 94.9 Å². The highest BCUT2D eigenvalue weighted by atomic mass is 16.6. The number of carbonyl (C=O) groups is 3. The molecule has 14 nitrogen and oxygen atoms in total. The van der Waals surface area contributed by atoms with Crippen molar-refractivity contribution in [3.05, 3.63) is 0 Å². The zero-order valence-corrected chi connectivity index (χ0v) is 32.1. The minimum absolute atomic E-state index is 0.00664. The second-order valence-electron chi connectivity index (χ2n) is 15.4. The zero-order valence-electron chi connectivity index (χ0n) is 32.1. The Hall–Kier alpha value is -3.58. The van der Waals surface area contributed by atoms with E-state index in [1.807, 2.05) is 20.8 Å². The van der Waals surface area contributed by atoms with Crippen molar-refractivity contribution in [2.24, 2.45) is 9.98 Å². The normalized spacial score (nSPS) is 14.5. The van der Waals surface area contributed by atoms with Crippen LogP contribution in [-0.2, 0) is 14.2 Å². The molecule has 1 fully saturated rings. The smallest absolute Gasteiger partial charge is 0.437 e. The zero-order chi connectivity index (χ0) is 37.1. The maximum atomic E-state index is 12.2. The van der Waals surface area contributed by atoms with Crippen molar-refractivity contribution in [3.8, 4) is 0 Å². The van der Waals surface area contributed by atoms with Crippen LogP contribution in [0.1, 0.15) is 133 Å². The molecule has 0 aromatic heterocycles. The second-order valence-corrected chi connectivity index (χ2v) is 15.4. The van der Waals surface area contributed by atoms with Gasteiger partial charge in [-0.1, -0.05) is 38.5 Å². The van der Waals surface area contributed by atoms with Crippen LogP contribution in [0, 0.1) is 5.41 Å². The van der Waals surface area contributed by atoms with Crippen LogP contribution >= 0.6 is 0 Å². The quantitative estimate of drug-likeness (QED) is 0.0584. The summed E-state index contributed by atoms with van der Waals surface area (Å²) >= 11 is 0. The Bertz CT molecular complexity index is 1100. The molecular weight excluding hydrogens is 628 g/mol. The highest BCUT2D eigenvalue weighted by Gasteiger charge is 2.24. The van der Waals surface area contributed by atoms with Crippen LogP contribution < -0.4 is 16.0 Å². The van der Waals surface area contributed by atoms with Gasteiger partial charge in [-0.25, -0.2) is 14.4 Å². The third-order valence-electron chi connectivity index (χ3n) is 6.99. The SMILES string of the molecule is C/C(=N\C(=O)OC(C)(C)C)NCCCCCCCN1CCN(CCCCCCCN/C(=N\C(=O)OC(C)(C)C)NC(=O)OC(C)(C)C)C1=N. The molecule has 4 N–H and O–H groups in total. The molecule has 0 unspecified atom stereocenters. The third kappa shape index (κ3) is 23.4. The van der Waals surface area contributed by atoms with Crippen LogP contribution in [0.2, 0.25) is 0 Å². The molecule has 0 bridgehead atoms. The summed E-state index contributed by atoms with van der Waals surface area (Å²) in [6.45, 7) is 22.7. The second kappa shape index (κ2) is 21.5. The Labute approximate surface area is 295 Å². The summed E-state index contributed by atoms with van der Waals surface area (Å²) in [6.07, 6.45) is 8.39. The average molecular weight is 695 g/mol. The molecule has 0 aromatic rings. The van der Waals surface area contributed by atoms with Gasteiger partial charge in [-0.3, -0.25) is 10.7 Å². The number of aliphatic imine (C=N–C) groups is 2. The molecule has 3 amide bonds. The first-order valence-electron chi connectivity index (χ1n) is 17.9. The van der Waals surface area contributed by atoms with Gasteiger partial charge in [-0.2, -0.15) is 4.99 Å². The van der Waals surface area contributed by atoms with E-state index >= 15 is 0 Å². The summed E-state index contributed by atoms with van der Waals surface area (Å²) in [5, 5.41) is 17.3. The van der Waals surface area contributed by atoms with Crippen molar-refractivity contribution in [3.63, 3.8) is 0 Å². The van der Waals surface area contributed by atoms with Gasteiger partial charge in [0.1, 0.15) is 22.6 Å². The van der Waals surface area contributed by atoms with Gasteiger partial charge < -0.3 is 34.6 Å². The topological polar surface area (TPSA) is 170 Å². The minimum Gasteiger partial charge on any atom is -0.444 e. The Kier molecular flexibility index (Phi) is 19.1. The molecule has 1 aliphatic rings. The first-order chi connectivity index (χ1) is 22.7. The number of unbranched alkanes of at least 4 members (excludes halogenated alkanes) is 8. The number of hydrogen-bond acceptors (Lipinski definition) is 7. The van der Waals surface area contributed by atoms with Gasteiger partial charge in [0.15, 0.2) is 5.96 Å². The summed E-state index contributed by atoms with van der Waals surface area (Å²) in [4.78, 5) is 48.3. The molecule has 0 radical (unpaired) electrons. The highest BCUT2D eigenvalue weighted by molar-refractivity contribution is 5.98. The number of amidine groups is 1. The van der Waals surface area contributed by atoms with E-state index in [4.69, 9.17) is 19.6 Å². The van der Waals surface area contributed by atoms with E-state index in [-0.39, 0.29) is 5.96 Å². The number of guanidine groups is 2. The van der Waals surface area contributed by atoms with E-state index in [1.165, 1.54) is 0 Å². The van der Waals surface area contributed by atoms with Gasteiger partial charge in [0.05, 0.1) is 0 Å². The fraction of sp³-hybridized carbons (Fsp3) is 0.829. The Morgan fingerprint density at radius 3 is 1.51 bits per heavy atom. The van der Waals surface area contributed by atoms with E-state index in [0.29, 0.717) is 18.3 Å². The van der Waals surface area contributed by atoms with Crippen LogP contribution in [0.4, 0.5) is 14.4 Å². The lowest BCUT2D eigenvalue weighted by Gasteiger charge is -2.21. The molecule has 1 rings (SSSR count). The predicted octanol–water partition coefficient (Wildman–Crippen LogP) is 6.79. The van der Waals surface area contributed by atoms with Crippen LogP contribution in [-0.4, -0.2) is 102 Å². The van der Waals surface area contributed by atoms with Crippen molar-refractivity contribution in [2.75, 3.05) is 39.3 Å². The van der Waals surface area contributed by atoms with Crippen molar-refractivity contribution in [1.29, 1.82) is 5.41 Å². The monoisotopic (exact) mass is 695 g/mol. The lowest BCUT2D eigenvalue weighted by molar-refractivity contribution is 0.0556. The number of alkyl carbamates (subject to hydrolysis) is 1. The van der Waals surface area contributed by atoms with Crippen molar-refractivity contribution >= 4 is 36.0 Å². The van der Waals surface area contributed by atoms with Gasteiger partial charge in [0.2, 0.25) is 5.96 Å². The number of carbonyl (C=O) groups excluding carboxylic acids is 3. The molecule has 1 saturated heterocycles. The lowest BCUT2D eigenvalue weighted by atomic mass is 10.1. The van der Waals surface area contributed by atoms with Crippen LogP contribution in [0.3, 0.4) is 0 Å². The van der Waals surface area contributed by atoms with Crippen molar-refractivity contribution in [1.82, 2.24) is 25.8 Å². The summed E-state index contributed by atoms with van der Waals surface area (Å²) in [7, 11) is 0. The number of ether oxygens (including phenoxy) is 3. The molecule has 1 aliphatic heterocycles. The molecule has 0 aliphatic carbocycles. The number of nitrogens with zero attached hydrogens (tertiary/aromatic N) is 4. The maximum absolute atomic E-state index is 12.2. The van der Waals surface area contributed by atoms with E-state index in [9.17, 15) is 14.4 Å². The summed E-state index contributed by atoms with van der Waals surface area (Å²) < 4.78 is 15.7. The van der Waals surface area contributed by atoms with Gasteiger partial charge in [0, 0.05) is 39.3 Å². The molecule has 0 aromatic carbocycles. The molecule has 0 saturated carbocycles. The summed E-state index contributed by atoms with van der Waals surface area (Å²) in [5.74, 6) is 1.22. The van der Waals surface area contributed by atoms with Crippen molar-refractivity contribution in [2.45, 2.75) is 150 Å². The molecule has 14 heteroatoms. The van der Waals surface area contributed by atoms with Crippen molar-refractivity contribution < 1.29 is 28.6 Å². The van der Waals surface area contributed by atoms with E-state index in [1.54, 1.807) is 48.5 Å². The minimum atomic E-state index is -0.794. The number of rotatable bonds is 16. The van der Waals surface area contributed by atoms with Gasteiger partial charge in [-0.15, -0.1) is 4.99 Å². The Morgan fingerprint density at radius 1 is 0.633 bits per heavy atom. The highest BCUT2D eigenvalue weighted by Crippen LogP contribution is 2.13. The standard InChI is InChI=1S/C35H66N8O6/c1-27(39-30(44)47-33(2,3)4)37-21-17-13-11-15-19-23-42-25-26-43(28(42)36)24-20-16-12-14-18-22-38-29(40-31(45)48-34(5,6)7)41-32(46)49-35(8,9)10/h36H,11-26H2,1-10H3,(H,37,39,44)(H2,38,40,41,45,46). The number of hydrogen-bond donors (Lipinski definition) is 4. The van der Waals surface area contributed by atoms with E-state index in [2.05, 4.69) is 35.7 Å². The number of amides is 3. The lowest BCUT2D eigenvalue weighted by Crippen LogP contribution is -2.44. The fourth-order valence-electron chi connectivity index (χ4n) is 4.83. The largest absolute Gasteiger partial charge is 0.444 e. The predicted molar refractivity (Wildman–Crippen MR) is 195 cm³/mol. The van der Waals surface area contributed by atoms with Gasteiger partial charge in [0.25, 0.3) is 0 Å². The Balaban J connectivity index is 2.20. The van der Waals surface area contributed by atoms with Crippen LogP contribution in [0.25, 0.3) is 0 Å². The Morgan fingerprint density at radius 2 is 1.04 bits per heavy atom. The van der Waals surface area contributed by atoms with Crippen LogP contribution in [0.5, 0.6) is 0 Å². The third-order valence-corrected chi connectivity index (χ3v) is 6.99. The molecule has 0 spiro atoms. The number of nitrogens with one attached hydrogen (secondary N) is 4.